The predicted octanol–water partition coefficient (Wildman–Crippen LogP) is 2.50. The van der Waals surface area contributed by atoms with Gasteiger partial charge in [-0.1, -0.05) is 30.3 Å². The molecule has 0 unspecified atom stereocenters. The molecule has 0 bridgehead atoms. The molecule has 7 heteroatoms. The van der Waals surface area contributed by atoms with Gasteiger partial charge in [-0.2, -0.15) is 0 Å². The van der Waals surface area contributed by atoms with Crippen LogP contribution in [0.4, 0.5) is 0 Å². The van der Waals surface area contributed by atoms with Crippen LogP contribution in [0.1, 0.15) is 56.4 Å². The summed E-state index contributed by atoms with van der Waals surface area (Å²) in [5, 5.41) is 13.2. The fourth-order valence-corrected chi connectivity index (χ4v) is 4.90. The minimum atomic E-state index is -0.563. The van der Waals surface area contributed by atoms with E-state index >= 15 is 0 Å². The van der Waals surface area contributed by atoms with Crippen LogP contribution < -0.4 is 5.32 Å². The van der Waals surface area contributed by atoms with Crippen molar-refractivity contribution >= 4 is 17.7 Å². The van der Waals surface area contributed by atoms with Gasteiger partial charge in [-0.15, -0.1) is 0 Å². The summed E-state index contributed by atoms with van der Waals surface area (Å²) < 4.78 is 0. The van der Waals surface area contributed by atoms with Crippen molar-refractivity contribution < 1.29 is 19.5 Å². The number of aliphatic hydroxyl groups is 1. The van der Waals surface area contributed by atoms with Gasteiger partial charge in [0.15, 0.2) is 5.76 Å². The molecule has 3 amide bonds. The molecule has 0 spiro atoms. The number of likely N-dealkylation sites (tertiary alicyclic amines) is 1. The first-order valence-electron chi connectivity index (χ1n) is 11.4. The molecule has 1 aromatic carbocycles. The minimum Gasteiger partial charge on any atom is -0.503 e. The Balaban J connectivity index is 1.25. The molecule has 166 valence electrons. The van der Waals surface area contributed by atoms with Crippen molar-refractivity contribution in [3.05, 3.63) is 47.2 Å². The van der Waals surface area contributed by atoms with Gasteiger partial charge in [-0.3, -0.25) is 14.4 Å². The lowest BCUT2D eigenvalue weighted by Gasteiger charge is -2.29. The maximum Gasteiger partial charge on any atom is 0.289 e. The number of nitrogens with one attached hydrogen (secondary N) is 1. The van der Waals surface area contributed by atoms with Crippen LogP contribution >= 0.6 is 0 Å². The fraction of sp³-hybridized carbons (Fsp3) is 0.542. The molecular weight excluding hydrogens is 394 g/mol. The van der Waals surface area contributed by atoms with Crippen LogP contribution in [-0.4, -0.2) is 64.8 Å². The number of aliphatic hydroxyl groups excluding tert-OH is 1. The van der Waals surface area contributed by atoms with E-state index in [-0.39, 0.29) is 42.9 Å². The Bertz CT molecular complexity index is 853. The number of hydrogen-bond donors (Lipinski definition) is 2. The molecule has 2 fully saturated rings. The van der Waals surface area contributed by atoms with Crippen LogP contribution in [0.2, 0.25) is 0 Å². The molecule has 1 saturated carbocycles. The van der Waals surface area contributed by atoms with Crippen LogP contribution in [0.25, 0.3) is 0 Å². The number of rotatable bonds is 6. The second kappa shape index (κ2) is 9.54. The third-order valence-electron chi connectivity index (χ3n) is 6.79. The molecule has 1 aliphatic carbocycles. The molecule has 31 heavy (non-hydrogen) atoms. The summed E-state index contributed by atoms with van der Waals surface area (Å²) in [5.74, 6) is -0.879. The predicted molar refractivity (Wildman–Crippen MR) is 116 cm³/mol. The molecule has 2 aliphatic heterocycles. The third-order valence-corrected chi connectivity index (χ3v) is 6.79. The lowest BCUT2D eigenvalue weighted by Crippen LogP contribution is -2.39. The highest BCUT2D eigenvalue weighted by Crippen LogP contribution is 2.33. The first-order valence-corrected chi connectivity index (χ1v) is 11.4. The number of nitrogens with zero attached hydrogens (tertiary/aromatic N) is 2. The summed E-state index contributed by atoms with van der Waals surface area (Å²) in [6, 6.07) is 10.5. The van der Waals surface area contributed by atoms with Crippen LogP contribution in [0.15, 0.2) is 41.7 Å². The Hall–Kier alpha value is -2.83. The van der Waals surface area contributed by atoms with E-state index in [1.165, 1.54) is 10.5 Å². The van der Waals surface area contributed by atoms with Crippen LogP contribution in [0.5, 0.6) is 0 Å². The number of carbonyl (C=O) groups excluding carboxylic acids is 3. The number of hydrogen-bond acceptors (Lipinski definition) is 4. The fourth-order valence-electron chi connectivity index (χ4n) is 4.90. The average molecular weight is 426 g/mol. The van der Waals surface area contributed by atoms with Crippen LogP contribution in [0.3, 0.4) is 0 Å². The van der Waals surface area contributed by atoms with Crippen LogP contribution in [-0.2, 0) is 14.4 Å². The summed E-state index contributed by atoms with van der Waals surface area (Å²) in [6.07, 6.45) is 6.02. The van der Waals surface area contributed by atoms with Crippen molar-refractivity contribution in [3.63, 3.8) is 0 Å². The molecule has 2 N–H and O–H groups in total. The second-order valence-corrected chi connectivity index (χ2v) is 8.82. The maximum absolute atomic E-state index is 12.7. The van der Waals surface area contributed by atoms with E-state index in [1.807, 2.05) is 11.0 Å². The second-order valence-electron chi connectivity index (χ2n) is 8.82. The van der Waals surface area contributed by atoms with E-state index in [4.69, 9.17) is 0 Å². The lowest BCUT2D eigenvalue weighted by molar-refractivity contribution is -0.132. The SMILES string of the molecule is O=C(NC1CCC(c2ccccc2)CC1)C1=C(O)C(=O)N(CCC(=O)N2CCCC2)C1. The van der Waals surface area contributed by atoms with Crippen molar-refractivity contribution in [1.29, 1.82) is 0 Å². The van der Waals surface area contributed by atoms with Gasteiger partial charge in [0.25, 0.3) is 11.8 Å². The molecule has 0 aromatic heterocycles. The van der Waals surface area contributed by atoms with Crippen molar-refractivity contribution in [1.82, 2.24) is 15.1 Å². The Morgan fingerprint density at radius 2 is 1.71 bits per heavy atom. The number of amides is 3. The normalized spacial score (nSPS) is 24.1. The summed E-state index contributed by atoms with van der Waals surface area (Å²) in [7, 11) is 0. The van der Waals surface area contributed by atoms with Gasteiger partial charge in [-0.25, -0.2) is 0 Å². The first-order chi connectivity index (χ1) is 15.0. The van der Waals surface area contributed by atoms with Gasteiger partial charge in [0, 0.05) is 32.1 Å². The van der Waals surface area contributed by atoms with E-state index in [2.05, 4.69) is 29.6 Å². The average Bonchev–Trinajstić information content (AvgIpc) is 3.43. The van der Waals surface area contributed by atoms with Crippen LogP contribution in [0, 0.1) is 0 Å². The van der Waals surface area contributed by atoms with Gasteiger partial charge in [0.05, 0.1) is 12.1 Å². The van der Waals surface area contributed by atoms with Crippen molar-refractivity contribution in [2.75, 3.05) is 26.2 Å². The smallest absolute Gasteiger partial charge is 0.289 e. The minimum absolute atomic E-state index is 0.0258. The summed E-state index contributed by atoms with van der Waals surface area (Å²) in [5.41, 5.74) is 1.46. The van der Waals surface area contributed by atoms with E-state index in [1.54, 1.807) is 0 Å². The monoisotopic (exact) mass is 425 g/mol. The molecule has 1 aromatic rings. The summed E-state index contributed by atoms with van der Waals surface area (Å²) >= 11 is 0. The van der Waals surface area contributed by atoms with Crippen molar-refractivity contribution in [3.8, 4) is 0 Å². The van der Waals surface area contributed by atoms with E-state index in [0.717, 1.165) is 51.6 Å². The largest absolute Gasteiger partial charge is 0.503 e. The molecule has 3 aliphatic rings. The Morgan fingerprint density at radius 3 is 2.39 bits per heavy atom. The number of benzene rings is 1. The van der Waals surface area contributed by atoms with E-state index < -0.39 is 11.7 Å². The summed E-state index contributed by atoms with van der Waals surface area (Å²) in [4.78, 5) is 40.5. The van der Waals surface area contributed by atoms with Gasteiger partial charge in [-0.05, 0) is 50.0 Å². The third kappa shape index (κ3) is 4.92. The molecule has 0 radical (unpaired) electrons. The number of carbonyl (C=O) groups is 3. The Morgan fingerprint density at radius 1 is 1.03 bits per heavy atom. The topological polar surface area (TPSA) is 90.0 Å². The van der Waals surface area contributed by atoms with Gasteiger partial charge in [0.1, 0.15) is 0 Å². The highest BCUT2D eigenvalue weighted by molar-refractivity contribution is 6.07. The molecule has 0 atom stereocenters. The molecule has 4 rings (SSSR count). The molecular formula is C24H31N3O4. The standard InChI is InChI=1S/C24H31N3O4/c28-21(26-13-4-5-14-26)12-15-27-16-20(22(29)24(27)31)23(30)25-19-10-8-18(9-11-19)17-6-2-1-3-7-17/h1-3,6-7,18-19,29H,4-5,8-16H2,(H,25,30). The van der Waals surface area contributed by atoms with E-state index in [9.17, 15) is 19.5 Å². The highest BCUT2D eigenvalue weighted by atomic mass is 16.3. The zero-order valence-corrected chi connectivity index (χ0v) is 17.9. The molecule has 2 heterocycles. The molecule has 7 nitrogen and oxygen atoms in total. The van der Waals surface area contributed by atoms with Gasteiger partial charge >= 0.3 is 0 Å². The zero-order valence-electron chi connectivity index (χ0n) is 17.9. The Labute approximate surface area is 183 Å². The van der Waals surface area contributed by atoms with Crippen molar-refractivity contribution in [2.24, 2.45) is 0 Å². The lowest BCUT2D eigenvalue weighted by atomic mass is 9.82. The first kappa shape index (κ1) is 21.4. The quantitative estimate of drug-likeness (QED) is 0.733. The van der Waals surface area contributed by atoms with Gasteiger partial charge in [0.2, 0.25) is 5.91 Å². The molecule has 1 saturated heterocycles. The Kier molecular flexibility index (Phi) is 6.59. The highest BCUT2D eigenvalue weighted by Gasteiger charge is 2.35. The zero-order chi connectivity index (χ0) is 21.8. The van der Waals surface area contributed by atoms with Crippen molar-refractivity contribution in [2.45, 2.75) is 56.9 Å². The van der Waals surface area contributed by atoms with E-state index in [0.29, 0.717) is 5.92 Å². The summed E-state index contributed by atoms with van der Waals surface area (Å²) in [6.45, 7) is 1.83. The maximum atomic E-state index is 12.7. The van der Waals surface area contributed by atoms with Gasteiger partial charge < -0.3 is 20.2 Å².